The second kappa shape index (κ2) is 12.9. The Hall–Kier alpha value is -2.34. The number of methoxy groups -OCH3 is 1. The molecule has 0 atom stereocenters. The second-order valence-electron chi connectivity index (χ2n) is 5.56. The van der Waals surface area contributed by atoms with Gasteiger partial charge in [0.15, 0.2) is 0 Å². The minimum absolute atomic E-state index is 0.140. The maximum atomic E-state index is 12.5. The lowest BCUT2D eigenvalue weighted by Gasteiger charge is -2.20. The topological polar surface area (TPSA) is 65.1 Å². The molecular formula is C20H29NO5. The fourth-order valence-electron chi connectivity index (χ4n) is 2.31. The molecule has 0 unspecified atom stereocenters. The van der Waals surface area contributed by atoms with Crippen LogP contribution < -0.4 is 4.74 Å². The van der Waals surface area contributed by atoms with E-state index in [0.29, 0.717) is 39.3 Å². The zero-order valence-corrected chi connectivity index (χ0v) is 15.9. The Labute approximate surface area is 155 Å². The molecule has 0 radical (unpaired) electrons. The van der Waals surface area contributed by atoms with Crippen LogP contribution in [0.1, 0.15) is 32.3 Å². The number of rotatable bonds is 12. The van der Waals surface area contributed by atoms with E-state index >= 15 is 0 Å². The van der Waals surface area contributed by atoms with Crippen molar-refractivity contribution in [3.05, 3.63) is 35.9 Å². The summed E-state index contributed by atoms with van der Waals surface area (Å²) in [6.07, 6.45) is 4.17. The van der Waals surface area contributed by atoms with Crippen LogP contribution in [0.15, 0.2) is 30.3 Å². The molecule has 1 aromatic rings. The van der Waals surface area contributed by atoms with Gasteiger partial charge < -0.3 is 19.1 Å². The van der Waals surface area contributed by atoms with Crippen LogP contribution in [0.2, 0.25) is 0 Å². The van der Waals surface area contributed by atoms with Crippen LogP contribution in [-0.2, 0) is 19.1 Å². The number of hydrogen-bond acceptors (Lipinski definition) is 5. The highest BCUT2D eigenvalue weighted by Crippen LogP contribution is 2.13. The fraction of sp³-hybridized carbons (Fsp3) is 0.500. The third-order valence-corrected chi connectivity index (χ3v) is 3.59. The summed E-state index contributed by atoms with van der Waals surface area (Å²) in [7, 11) is 1.62. The summed E-state index contributed by atoms with van der Waals surface area (Å²) in [5, 5.41) is 0. The third-order valence-electron chi connectivity index (χ3n) is 3.59. The predicted octanol–water partition coefficient (Wildman–Crippen LogP) is 2.92. The van der Waals surface area contributed by atoms with Gasteiger partial charge in [0.05, 0.1) is 19.6 Å². The summed E-state index contributed by atoms with van der Waals surface area (Å²) in [6, 6.07) is 7.51. The van der Waals surface area contributed by atoms with Crippen LogP contribution in [0, 0.1) is 0 Å². The van der Waals surface area contributed by atoms with Crippen molar-refractivity contribution in [2.75, 3.05) is 40.0 Å². The molecule has 6 nitrogen and oxygen atoms in total. The number of esters is 1. The van der Waals surface area contributed by atoms with Gasteiger partial charge in [-0.1, -0.05) is 12.1 Å². The molecule has 0 aliphatic carbocycles. The summed E-state index contributed by atoms with van der Waals surface area (Å²) in [6.45, 7) is 6.07. The van der Waals surface area contributed by atoms with Crippen molar-refractivity contribution in [3.63, 3.8) is 0 Å². The van der Waals surface area contributed by atoms with Gasteiger partial charge in [0.2, 0.25) is 5.91 Å². The average molecular weight is 363 g/mol. The molecule has 0 fully saturated rings. The molecule has 1 aromatic carbocycles. The first-order valence-electron chi connectivity index (χ1n) is 8.95. The first-order chi connectivity index (χ1) is 12.6. The lowest BCUT2D eigenvalue weighted by atomic mass is 10.2. The Bertz CT molecular complexity index is 568. The molecule has 0 aromatic heterocycles. The Morgan fingerprint density at radius 1 is 1.08 bits per heavy atom. The van der Waals surface area contributed by atoms with Gasteiger partial charge in [-0.15, -0.1) is 0 Å². The summed E-state index contributed by atoms with van der Waals surface area (Å²) in [5.74, 6) is 0.360. The zero-order valence-electron chi connectivity index (χ0n) is 15.9. The minimum Gasteiger partial charge on any atom is -0.494 e. The maximum absolute atomic E-state index is 12.5. The summed E-state index contributed by atoms with van der Waals surface area (Å²) in [5.41, 5.74) is 0.907. The molecule has 26 heavy (non-hydrogen) atoms. The van der Waals surface area contributed by atoms with Crippen LogP contribution in [0.4, 0.5) is 0 Å². The van der Waals surface area contributed by atoms with Gasteiger partial charge in [0.25, 0.3) is 0 Å². The van der Waals surface area contributed by atoms with E-state index in [1.807, 2.05) is 31.2 Å². The molecule has 6 heteroatoms. The highest BCUT2D eigenvalue weighted by atomic mass is 16.5. The monoisotopic (exact) mass is 363 g/mol. The molecule has 0 N–H and O–H groups in total. The Balaban J connectivity index is 2.65. The van der Waals surface area contributed by atoms with Crippen LogP contribution >= 0.6 is 0 Å². The van der Waals surface area contributed by atoms with Gasteiger partial charge >= 0.3 is 5.97 Å². The number of ether oxygens (including phenoxy) is 3. The van der Waals surface area contributed by atoms with E-state index in [9.17, 15) is 9.59 Å². The van der Waals surface area contributed by atoms with Gasteiger partial charge in [-0.3, -0.25) is 9.59 Å². The second-order valence-corrected chi connectivity index (χ2v) is 5.56. The van der Waals surface area contributed by atoms with E-state index in [0.717, 1.165) is 11.3 Å². The SMILES string of the molecule is CCOC(=O)CCN(CCCOC)C(=O)/C=C/c1ccc(OCC)cc1. The minimum atomic E-state index is -0.299. The predicted molar refractivity (Wildman–Crippen MR) is 101 cm³/mol. The van der Waals surface area contributed by atoms with E-state index in [4.69, 9.17) is 14.2 Å². The first-order valence-corrected chi connectivity index (χ1v) is 8.95. The molecule has 1 amide bonds. The summed E-state index contributed by atoms with van der Waals surface area (Å²) in [4.78, 5) is 25.7. The van der Waals surface area contributed by atoms with Gasteiger partial charge in [0, 0.05) is 32.9 Å². The van der Waals surface area contributed by atoms with Gasteiger partial charge in [-0.2, -0.15) is 0 Å². The zero-order chi connectivity index (χ0) is 19.2. The van der Waals surface area contributed by atoms with Crippen LogP contribution in [-0.4, -0.2) is 56.8 Å². The lowest BCUT2D eigenvalue weighted by Crippen LogP contribution is -2.33. The molecule has 0 saturated carbocycles. The van der Waals surface area contributed by atoms with Gasteiger partial charge in [0.1, 0.15) is 5.75 Å². The van der Waals surface area contributed by atoms with Crippen molar-refractivity contribution < 1.29 is 23.8 Å². The van der Waals surface area contributed by atoms with Crippen molar-refractivity contribution in [1.29, 1.82) is 0 Å². The molecule has 0 spiro atoms. The Morgan fingerprint density at radius 3 is 2.42 bits per heavy atom. The average Bonchev–Trinajstić information content (AvgIpc) is 2.64. The van der Waals surface area contributed by atoms with Crippen LogP contribution in [0.25, 0.3) is 6.08 Å². The smallest absolute Gasteiger partial charge is 0.307 e. The van der Waals surface area contributed by atoms with Crippen molar-refractivity contribution in [2.45, 2.75) is 26.7 Å². The molecular weight excluding hydrogens is 334 g/mol. The van der Waals surface area contributed by atoms with Crippen molar-refractivity contribution in [1.82, 2.24) is 4.90 Å². The normalized spacial score (nSPS) is 10.7. The molecule has 0 aliphatic heterocycles. The number of hydrogen-bond donors (Lipinski definition) is 0. The summed E-state index contributed by atoms with van der Waals surface area (Å²) < 4.78 is 15.4. The van der Waals surface area contributed by atoms with Crippen molar-refractivity contribution in [2.24, 2.45) is 0 Å². The molecule has 0 saturated heterocycles. The first kappa shape index (κ1) is 21.7. The van der Waals surface area contributed by atoms with Gasteiger partial charge in [-0.25, -0.2) is 0 Å². The number of carbonyl (C=O) groups excluding carboxylic acids is 2. The highest BCUT2D eigenvalue weighted by Gasteiger charge is 2.13. The van der Waals surface area contributed by atoms with Crippen LogP contribution in [0.5, 0.6) is 5.75 Å². The summed E-state index contributed by atoms with van der Waals surface area (Å²) >= 11 is 0. The molecule has 144 valence electrons. The Kier molecular flexibility index (Phi) is 10.8. The van der Waals surface area contributed by atoms with Crippen molar-refractivity contribution in [3.8, 4) is 5.75 Å². The number of amides is 1. The van der Waals surface area contributed by atoms with E-state index < -0.39 is 0 Å². The number of benzene rings is 1. The number of nitrogens with zero attached hydrogens (tertiary/aromatic N) is 1. The third kappa shape index (κ3) is 8.67. The molecule has 1 rings (SSSR count). The van der Waals surface area contributed by atoms with Crippen molar-refractivity contribution >= 4 is 18.0 Å². The molecule has 0 aliphatic rings. The van der Waals surface area contributed by atoms with E-state index in [-0.39, 0.29) is 18.3 Å². The number of carbonyl (C=O) groups is 2. The highest BCUT2D eigenvalue weighted by molar-refractivity contribution is 5.92. The fourth-order valence-corrected chi connectivity index (χ4v) is 2.31. The lowest BCUT2D eigenvalue weighted by molar-refractivity contribution is -0.143. The van der Waals surface area contributed by atoms with E-state index in [1.165, 1.54) is 6.08 Å². The van der Waals surface area contributed by atoms with Crippen LogP contribution in [0.3, 0.4) is 0 Å². The van der Waals surface area contributed by atoms with E-state index in [2.05, 4.69) is 0 Å². The molecule has 0 bridgehead atoms. The quantitative estimate of drug-likeness (QED) is 0.325. The maximum Gasteiger partial charge on any atom is 0.307 e. The standard InChI is InChI=1S/C20H29NO5/c1-4-25-18-10-7-17(8-11-18)9-12-19(22)21(14-6-16-24-3)15-13-20(23)26-5-2/h7-12H,4-6,13-16H2,1-3H3/b12-9+. The van der Waals surface area contributed by atoms with E-state index in [1.54, 1.807) is 25.0 Å². The molecule has 0 heterocycles. The van der Waals surface area contributed by atoms with Gasteiger partial charge in [-0.05, 0) is 44.0 Å². The largest absolute Gasteiger partial charge is 0.494 e. The Morgan fingerprint density at radius 2 is 1.81 bits per heavy atom.